The summed E-state index contributed by atoms with van der Waals surface area (Å²) in [5, 5.41) is 0.350. The molecule has 0 unspecified atom stereocenters. The van der Waals surface area contributed by atoms with Crippen LogP contribution in [0.25, 0.3) is 0 Å². The van der Waals surface area contributed by atoms with E-state index >= 15 is 0 Å². The molecule has 5 nitrogen and oxygen atoms in total. The Morgan fingerprint density at radius 2 is 2.12 bits per heavy atom. The molecule has 2 aromatic rings. The number of halogens is 1. The Bertz CT molecular complexity index is 639. The van der Waals surface area contributed by atoms with Gasteiger partial charge in [0.25, 0.3) is 10.0 Å². The molecule has 0 saturated carbocycles. The number of pyridine rings is 1. The van der Waals surface area contributed by atoms with E-state index in [1.165, 1.54) is 29.8 Å². The van der Waals surface area contributed by atoms with Crippen LogP contribution in [0.15, 0.2) is 34.0 Å². The van der Waals surface area contributed by atoms with Gasteiger partial charge in [-0.05, 0) is 28.9 Å². The molecule has 0 atom stereocenters. The van der Waals surface area contributed by atoms with Gasteiger partial charge in [-0.15, -0.1) is 11.3 Å². The molecule has 2 rings (SSSR count). The molecule has 1 N–H and O–H groups in total. The second-order valence-electron chi connectivity index (χ2n) is 3.22. The first-order chi connectivity index (χ1) is 7.97. The van der Waals surface area contributed by atoms with Crippen LogP contribution in [0.2, 0.25) is 0 Å². The topological polar surface area (TPSA) is 72.0 Å². The summed E-state index contributed by atoms with van der Waals surface area (Å²) in [6, 6.07) is 1.48. The van der Waals surface area contributed by atoms with Gasteiger partial charge in [0.1, 0.15) is 4.90 Å². The monoisotopic (exact) mass is 333 g/mol. The number of sulfonamides is 1. The third-order valence-electron chi connectivity index (χ3n) is 1.83. The van der Waals surface area contributed by atoms with Crippen molar-refractivity contribution in [3.63, 3.8) is 0 Å². The maximum absolute atomic E-state index is 12.0. The Balaban J connectivity index is 2.31. The SMILES string of the molecule is Cc1cnc(NS(=O)(=O)c2cncc(Br)c2)s1. The van der Waals surface area contributed by atoms with Crippen LogP contribution < -0.4 is 4.72 Å². The largest absolute Gasteiger partial charge is 0.265 e. The number of anilines is 1. The molecular formula is C9H8BrN3O2S2. The van der Waals surface area contributed by atoms with Crippen molar-refractivity contribution in [1.29, 1.82) is 0 Å². The number of hydrogen-bond donors (Lipinski definition) is 1. The molecule has 2 heterocycles. The predicted octanol–water partition coefficient (Wildman–Crippen LogP) is 2.41. The highest BCUT2D eigenvalue weighted by Gasteiger charge is 2.16. The fraction of sp³-hybridized carbons (Fsp3) is 0.111. The van der Waals surface area contributed by atoms with Crippen LogP contribution in [0.3, 0.4) is 0 Å². The smallest absolute Gasteiger partial charge is 0.262 e. The van der Waals surface area contributed by atoms with Crippen LogP contribution in [-0.4, -0.2) is 18.4 Å². The molecule has 0 bridgehead atoms. The molecule has 0 aliphatic rings. The Kier molecular flexibility index (Phi) is 3.45. The van der Waals surface area contributed by atoms with Crippen LogP contribution in [0, 0.1) is 6.92 Å². The van der Waals surface area contributed by atoms with Crippen molar-refractivity contribution < 1.29 is 8.42 Å². The lowest BCUT2D eigenvalue weighted by molar-refractivity contribution is 0.600. The molecule has 0 fully saturated rings. The highest BCUT2D eigenvalue weighted by atomic mass is 79.9. The summed E-state index contributed by atoms with van der Waals surface area (Å²) in [4.78, 5) is 8.80. The van der Waals surface area contributed by atoms with Crippen LogP contribution in [0.5, 0.6) is 0 Å². The van der Waals surface area contributed by atoms with Gasteiger partial charge in [-0.25, -0.2) is 13.4 Å². The van der Waals surface area contributed by atoms with E-state index in [-0.39, 0.29) is 4.90 Å². The molecule has 8 heteroatoms. The summed E-state index contributed by atoms with van der Waals surface area (Å²) < 4.78 is 26.9. The van der Waals surface area contributed by atoms with Gasteiger partial charge in [0.05, 0.1) is 0 Å². The Labute approximate surface area is 111 Å². The number of nitrogens with one attached hydrogen (secondary N) is 1. The van der Waals surface area contributed by atoms with E-state index in [4.69, 9.17) is 0 Å². The van der Waals surface area contributed by atoms with E-state index in [0.717, 1.165) is 4.88 Å². The second kappa shape index (κ2) is 4.71. The van der Waals surface area contributed by atoms with E-state index in [1.807, 2.05) is 6.92 Å². The van der Waals surface area contributed by atoms with Gasteiger partial charge >= 0.3 is 0 Å². The minimum absolute atomic E-state index is 0.0970. The maximum Gasteiger partial charge on any atom is 0.265 e. The normalized spacial score (nSPS) is 11.4. The van der Waals surface area contributed by atoms with Crippen LogP contribution in [0.1, 0.15) is 4.88 Å². The standard InChI is InChI=1S/C9H8BrN3O2S2/c1-6-3-12-9(16-6)13-17(14,15)8-2-7(10)4-11-5-8/h2-5H,1H3,(H,12,13). The van der Waals surface area contributed by atoms with Crippen LogP contribution in [-0.2, 0) is 10.0 Å². The summed E-state index contributed by atoms with van der Waals surface area (Å²) in [6.45, 7) is 1.86. The zero-order chi connectivity index (χ0) is 12.5. The van der Waals surface area contributed by atoms with Crippen molar-refractivity contribution in [2.75, 3.05) is 4.72 Å². The zero-order valence-electron chi connectivity index (χ0n) is 8.71. The van der Waals surface area contributed by atoms with E-state index < -0.39 is 10.0 Å². The zero-order valence-corrected chi connectivity index (χ0v) is 11.9. The number of aromatic nitrogens is 2. The van der Waals surface area contributed by atoms with Gasteiger partial charge in [0.2, 0.25) is 0 Å². The number of nitrogens with zero attached hydrogens (tertiary/aromatic N) is 2. The Morgan fingerprint density at radius 3 is 2.71 bits per heavy atom. The average molecular weight is 334 g/mol. The van der Waals surface area contributed by atoms with E-state index in [0.29, 0.717) is 9.60 Å². The van der Waals surface area contributed by atoms with Crippen molar-refractivity contribution >= 4 is 42.4 Å². The minimum atomic E-state index is -3.62. The van der Waals surface area contributed by atoms with Crippen molar-refractivity contribution in [2.45, 2.75) is 11.8 Å². The lowest BCUT2D eigenvalue weighted by Crippen LogP contribution is -2.12. The third-order valence-corrected chi connectivity index (χ3v) is 4.53. The molecule has 0 aromatic carbocycles. The van der Waals surface area contributed by atoms with Gasteiger partial charge in [0, 0.05) is 27.9 Å². The summed E-state index contributed by atoms with van der Waals surface area (Å²) in [5.41, 5.74) is 0. The quantitative estimate of drug-likeness (QED) is 0.936. The van der Waals surface area contributed by atoms with E-state index in [9.17, 15) is 8.42 Å². The van der Waals surface area contributed by atoms with Gasteiger partial charge in [-0.1, -0.05) is 0 Å². The lowest BCUT2D eigenvalue weighted by atomic mass is 10.5. The van der Waals surface area contributed by atoms with Gasteiger partial charge in [0.15, 0.2) is 5.13 Å². The van der Waals surface area contributed by atoms with Crippen molar-refractivity contribution in [3.05, 3.63) is 34.0 Å². The molecule has 0 amide bonds. The molecule has 0 saturated heterocycles. The van der Waals surface area contributed by atoms with E-state index in [1.54, 1.807) is 6.20 Å². The molecular weight excluding hydrogens is 326 g/mol. The highest BCUT2D eigenvalue weighted by molar-refractivity contribution is 9.10. The van der Waals surface area contributed by atoms with Crippen molar-refractivity contribution in [1.82, 2.24) is 9.97 Å². The highest BCUT2D eigenvalue weighted by Crippen LogP contribution is 2.21. The third kappa shape index (κ3) is 3.02. The molecule has 0 aliphatic heterocycles. The van der Waals surface area contributed by atoms with Gasteiger partial charge in [-0.3, -0.25) is 9.71 Å². The summed E-state index contributed by atoms with van der Waals surface area (Å²) >= 11 is 4.46. The maximum atomic E-state index is 12.0. The number of aryl methyl sites for hydroxylation is 1. The molecule has 2 aromatic heterocycles. The predicted molar refractivity (Wildman–Crippen MR) is 69.6 cm³/mol. The first-order valence-corrected chi connectivity index (χ1v) is 7.62. The van der Waals surface area contributed by atoms with Gasteiger partial charge in [-0.2, -0.15) is 0 Å². The van der Waals surface area contributed by atoms with E-state index in [2.05, 4.69) is 30.6 Å². The van der Waals surface area contributed by atoms with Crippen LogP contribution >= 0.6 is 27.3 Å². The average Bonchev–Trinajstić information content (AvgIpc) is 2.63. The fourth-order valence-corrected chi connectivity index (χ4v) is 3.53. The van der Waals surface area contributed by atoms with Crippen molar-refractivity contribution in [3.8, 4) is 0 Å². The molecule has 90 valence electrons. The van der Waals surface area contributed by atoms with Gasteiger partial charge < -0.3 is 0 Å². The van der Waals surface area contributed by atoms with Crippen LogP contribution in [0.4, 0.5) is 5.13 Å². The Hall–Kier alpha value is -0.990. The number of rotatable bonds is 3. The van der Waals surface area contributed by atoms with Crippen molar-refractivity contribution in [2.24, 2.45) is 0 Å². The number of thiazole rings is 1. The minimum Gasteiger partial charge on any atom is -0.262 e. The fourth-order valence-electron chi connectivity index (χ4n) is 1.12. The first kappa shape index (κ1) is 12.5. The molecule has 0 spiro atoms. The number of hydrogen-bond acceptors (Lipinski definition) is 5. The molecule has 0 radical (unpaired) electrons. The molecule has 17 heavy (non-hydrogen) atoms. The first-order valence-electron chi connectivity index (χ1n) is 4.53. The second-order valence-corrected chi connectivity index (χ2v) is 7.05. The summed E-state index contributed by atoms with van der Waals surface area (Å²) in [6.07, 6.45) is 4.42. The summed E-state index contributed by atoms with van der Waals surface area (Å²) in [7, 11) is -3.62. The molecule has 0 aliphatic carbocycles. The Morgan fingerprint density at radius 1 is 1.35 bits per heavy atom. The summed E-state index contributed by atoms with van der Waals surface area (Å²) in [5.74, 6) is 0. The lowest BCUT2D eigenvalue weighted by Gasteiger charge is -2.04.